The van der Waals surface area contributed by atoms with Crippen molar-refractivity contribution < 1.29 is 0 Å². The molecule has 2 rings (SSSR count). The van der Waals surface area contributed by atoms with Crippen LogP contribution in [0.15, 0.2) is 36.9 Å². The highest BCUT2D eigenvalue weighted by molar-refractivity contribution is 5.11. The molecule has 0 radical (unpaired) electrons. The minimum Gasteiger partial charge on any atom is -0.323 e. The van der Waals surface area contributed by atoms with Crippen LogP contribution in [-0.2, 0) is 13.6 Å². The third kappa shape index (κ3) is 3.38. The summed E-state index contributed by atoms with van der Waals surface area (Å²) in [7, 11) is 3.97. The van der Waals surface area contributed by atoms with Crippen molar-refractivity contribution in [2.75, 3.05) is 13.6 Å². The molecule has 0 aromatic carbocycles. The number of rotatable bonds is 5. The van der Waals surface area contributed by atoms with Crippen molar-refractivity contribution in [3.63, 3.8) is 0 Å². The number of likely N-dealkylation sites (N-methyl/N-ethyl adjacent to an activating group) is 1. The number of nitrogens with two attached hydrogens (primary N) is 1. The first-order chi connectivity index (χ1) is 8.65. The fourth-order valence-electron chi connectivity index (χ4n) is 1.94. The maximum Gasteiger partial charge on any atom is 0.0537 e. The number of hydrogen-bond donors (Lipinski definition) is 1. The van der Waals surface area contributed by atoms with Crippen molar-refractivity contribution in [2.24, 2.45) is 12.8 Å². The molecule has 0 saturated carbocycles. The molecule has 0 fully saturated rings. The molecular weight excluding hydrogens is 226 g/mol. The summed E-state index contributed by atoms with van der Waals surface area (Å²) in [5.41, 5.74) is 8.47. The zero-order valence-corrected chi connectivity index (χ0v) is 10.8. The van der Waals surface area contributed by atoms with Crippen LogP contribution in [0.4, 0.5) is 0 Å². The fourth-order valence-corrected chi connectivity index (χ4v) is 1.94. The van der Waals surface area contributed by atoms with Crippen LogP contribution in [0, 0.1) is 0 Å². The second-order valence-corrected chi connectivity index (χ2v) is 4.61. The highest BCUT2D eigenvalue weighted by Gasteiger charge is 2.11. The summed E-state index contributed by atoms with van der Waals surface area (Å²) in [5, 5.41) is 4.14. The Morgan fingerprint density at radius 2 is 2.11 bits per heavy atom. The van der Waals surface area contributed by atoms with Gasteiger partial charge in [-0.05, 0) is 24.7 Å². The summed E-state index contributed by atoms with van der Waals surface area (Å²) < 4.78 is 1.78. The Balaban J connectivity index is 1.89. The molecule has 1 atom stereocenters. The molecule has 18 heavy (non-hydrogen) atoms. The van der Waals surface area contributed by atoms with Gasteiger partial charge in [0.15, 0.2) is 0 Å². The van der Waals surface area contributed by atoms with Gasteiger partial charge in [-0.25, -0.2) is 0 Å². The van der Waals surface area contributed by atoms with Gasteiger partial charge in [-0.2, -0.15) is 5.10 Å². The molecule has 2 aromatic rings. The maximum absolute atomic E-state index is 6.16. The summed E-state index contributed by atoms with van der Waals surface area (Å²) in [6, 6.07) is 4.03. The van der Waals surface area contributed by atoms with Gasteiger partial charge >= 0.3 is 0 Å². The lowest BCUT2D eigenvalue weighted by molar-refractivity contribution is 0.305. The van der Waals surface area contributed by atoms with Gasteiger partial charge in [0, 0.05) is 50.3 Å². The molecule has 5 nitrogen and oxygen atoms in total. The molecule has 5 heteroatoms. The predicted molar refractivity (Wildman–Crippen MR) is 70.7 cm³/mol. The molecule has 96 valence electrons. The molecule has 0 amide bonds. The number of aryl methyl sites for hydroxylation is 1. The smallest absolute Gasteiger partial charge is 0.0537 e. The molecule has 0 saturated heterocycles. The van der Waals surface area contributed by atoms with Crippen LogP contribution < -0.4 is 5.73 Å². The Kier molecular flexibility index (Phi) is 4.07. The van der Waals surface area contributed by atoms with Crippen LogP contribution in [0.5, 0.6) is 0 Å². The lowest BCUT2D eigenvalue weighted by Crippen LogP contribution is -2.28. The Bertz CT molecular complexity index is 479. The zero-order chi connectivity index (χ0) is 13.0. The van der Waals surface area contributed by atoms with E-state index in [0.717, 1.165) is 18.7 Å². The van der Waals surface area contributed by atoms with E-state index >= 15 is 0 Å². The third-order valence-electron chi connectivity index (χ3n) is 2.86. The van der Waals surface area contributed by atoms with E-state index in [4.69, 9.17) is 5.73 Å². The van der Waals surface area contributed by atoms with Gasteiger partial charge in [0.05, 0.1) is 6.20 Å². The molecule has 0 aliphatic rings. The van der Waals surface area contributed by atoms with E-state index < -0.39 is 0 Å². The van der Waals surface area contributed by atoms with Crippen molar-refractivity contribution in [1.82, 2.24) is 19.7 Å². The number of aromatic nitrogens is 3. The third-order valence-corrected chi connectivity index (χ3v) is 2.86. The van der Waals surface area contributed by atoms with Crippen molar-refractivity contribution in [2.45, 2.75) is 12.6 Å². The first-order valence-corrected chi connectivity index (χ1v) is 5.96. The van der Waals surface area contributed by atoms with Gasteiger partial charge in [0.1, 0.15) is 0 Å². The molecule has 0 spiro atoms. The van der Waals surface area contributed by atoms with E-state index in [2.05, 4.69) is 22.0 Å². The Labute approximate surface area is 107 Å². The zero-order valence-electron chi connectivity index (χ0n) is 10.8. The van der Waals surface area contributed by atoms with Crippen molar-refractivity contribution >= 4 is 0 Å². The summed E-state index contributed by atoms with van der Waals surface area (Å²) in [4.78, 5) is 6.21. The van der Waals surface area contributed by atoms with Gasteiger partial charge in [0.2, 0.25) is 0 Å². The van der Waals surface area contributed by atoms with E-state index in [1.165, 1.54) is 5.56 Å². The van der Waals surface area contributed by atoms with Crippen LogP contribution >= 0.6 is 0 Å². The average Bonchev–Trinajstić information content (AvgIpc) is 2.77. The van der Waals surface area contributed by atoms with E-state index in [-0.39, 0.29) is 6.04 Å². The van der Waals surface area contributed by atoms with Gasteiger partial charge in [-0.3, -0.25) is 9.67 Å². The topological polar surface area (TPSA) is 60.0 Å². The molecular formula is C13H19N5. The standard InChI is InChI=1S/C13H19N5/c1-17(8-11-3-5-15-6-4-11)10-13(14)12-7-16-18(2)9-12/h3-7,9,13H,8,10,14H2,1-2H3. The second-order valence-electron chi connectivity index (χ2n) is 4.61. The predicted octanol–water partition coefficient (Wildman–Crippen LogP) is 0.947. The van der Waals surface area contributed by atoms with E-state index in [1.807, 2.05) is 44.0 Å². The van der Waals surface area contributed by atoms with Crippen LogP contribution in [0.3, 0.4) is 0 Å². The van der Waals surface area contributed by atoms with Crippen molar-refractivity contribution in [3.8, 4) is 0 Å². The summed E-state index contributed by atoms with van der Waals surface area (Å²) in [6.45, 7) is 1.67. The molecule has 2 heterocycles. The van der Waals surface area contributed by atoms with Gasteiger partial charge in [-0.15, -0.1) is 0 Å². The minimum absolute atomic E-state index is 0.00876. The number of nitrogens with zero attached hydrogens (tertiary/aromatic N) is 4. The molecule has 0 bridgehead atoms. The second kappa shape index (κ2) is 5.75. The molecule has 2 N–H and O–H groups in total. The maximum atomic E-state index is 6.16. The van der Waals surface area contributed by atoms with Crippen LogP contribution in [0.25, 0.3) is 0 Å². The minimum atomic E-state index is -0.00876. The summed E-state index contributed by atoms with van der Waals surface area (Å²) in [6.07, 6.45) is 7.41. The van der Waals surface area contributed by atoms with Gasteiger partial charge in [0.25, 0.3) is 0 Å². The molecule has 1 unspecified atom stereocenters. The van der Waals surface area contributed by atoms with Crippen molar-refractivity contribution in [3.05, 3.63) is 48.0 Å². The van der Waals surface area contributed by atoms with Crippen LogP contribution in [0.2, 0.25) is 0 Å². The number of pyridine rings is 1. The quantitative estimate of drug-likeness (QED) is 0.852. The van der Waals surface area contributed by atoms with Crippen molar-refractivity contribution in [1.29, 1.82) is 0 Å². The highest BCUT2D eigenvalue weighted by Crippen LogP contribution is 2.11. The van der Waals surface area contributed by atoms with Gasteiger partial charge < -0.3 is 10.6 Å². The number of hydrogen-bond acceptors (Lipinski definition) is 4. The average molecular weight is 245 g/mol. The van der Waals surface area contributed by atoms with E-state index in [0.29, 0.717) is 0 Å². The SMILES string of the molecule is CN(Cc1ccncc1)CC(N)c1cnn(C)c1. The Morgan fingerprint density at radius 3 is 2.72 bits per heavy atom. The lowest BCUT2D eigenvalue weighted by Gasteiger charge is -2.20. The highest BCUT2D eigenvalue weighted by atomic mass is 15.2. The van der Waals surface area contributed by atoms with E-state index in [9.17, 15) is 0 Å². The normalized spacial score (nSPS) is 12.9. The molecule has 2 aromatic heterocycles. The summed E-state index contributed by atoms with van der Waals surface area (Å²) >= 11 is 0. The molecule has 0 aliphatic heterocycles. The first-order valence-electron chi connectivity index (χ1n) is 5.96. The Morgan fingerprint density at radius 1 is 1.39 bits per heavy atom. The monoisotopic (exact) mass is 245 g/mol. The largest absolute Gasteiger partial charge is 0.323 e. The fraction of sp³-hybridized carbons (Fsp3) is 0.385. The molecule has 0 aliphatic carbocycles. The van der Waals surface area contributed by atoms with Crippen LogP contribution in [0.1, 0.15) is 17.2 Å². The van der Waals surface area contributed by atoms with Gasteiger partial charge in [-0.1, -0.05) is 0 Å². The van der Waals surface area contributed by atoms with E-state index in [1.54, 1.807) is 4.68 Å². The Hall–Kier alpha value is -1.72. The lowest BCUT2D eigenvalue weighted by atomic mass is 10.1. The first kappa shape index (κ1) is 12.7. The van der Waals surface area contributed by atoms with Crippen LogP contribution in [-0.4, -0.2) is 33.3 Å². The summed E-state index contributed by atoms with van der Waals surface area (Å²) in [5.74, 6) is 0.